The van der Waals surface area contributed by atoms with Crippen LogP contribution in [0.4, 0.5) is 0 Å². The number of hydrogen-bond acceptors (Lipinski definition) is 1. The Labute approximate surface area is 113 Å². The number of carbonyl (C=O) groups is 1. The molecule has 0 radical (unpaired) electrons. The molecule has 0 aromatic rings. The quantitative estimate of drug-likeness (QED) is 0.672. The molecule has 18 heavy (non-hydrogen) atoms. The molecule has 0 N–H and O–H groups in total. The molecule has 2 unspecified atom stereocenters. The lowest BCUT2D eigenvalue weighted by Crippen LogP contribution is -2.43. The van der Waals surface area contributed by atoms with Crippen LogP contribution in [0.1, 0.15) is 60.8 Å². The molecule has 0 spiro atoms. The van der Waals surface area contributed by atoms with Gasteiger partial charge in [-0.15, -0.1) is 0 Å². The molecule has 0 saturated heterocycles. The standard InChI is InChI=1S/C16H31NO/c1-7-13(5)14(12(3)4)15(18)17(8-2)11-16(6)9-10-16/h12-14H,7-11H2,1-6H3. The van der Waals surface area contributed by atoms with Crippen LogP contribution < -0.4 is 0 Å². The van der Waals surface area contributed by atoms with Gasteiger partial charge in [-0.25, -0.2) is 0 Å². The van der Waals surface area contributed by atoms with Crippen LogP contribution in [0.5, 0.6) is 0 Å². The number of amides is 1. The van der Waals surface area contributed by atoms with Crippen LogP contribution >= 0.6 is 0 Å². The Bertz CT molecular complexity index is 281. The van der Waals surface area contributed by atoms with Crippen molar-refractivity contribution in [3.05, 3.63) is 0 Å². The summed E-state index contributed by atoms with van der Waals surface area (Å²) in [4.78, 5) is 14.8. The molecule has 2 heteroatoms. The summed E-state index contributed by atoms with van der Waals surface area (Å²) < 4.78 is 0. The van der Waals surface area contributed by atoms with E-state index in [0.29, 0.717) is 23.2 Å². The lowest BCUT2D eigenvalue weighted by molar-refractivity contribution is -0.139. The first-order valence-corrected chi connectivity index (χ1v) is 7.63. The van der Waals surface area contributed by atoms with Gasteiger partial charge in [0.15, 0.2) is 0 Å². The molecule has 1 aliphatic carbocycles. The average Bonchev–Trinajstić information content (AvgIpc) is 3.03. The van der Waals surface area contributed by atoms with E-state index in [0.717, 1.165) is 19.5 Å². The summed E-state index contributed by atoms with van der Waals surface area (Å²) in [5.41, 5.74) is 0.419. The monoisotopic (exact) mass is 253 g/mol. The minimum atomic E-state index is 0.192. The average molecular weight is 253 g/mol. The minimum absolute atomic E-state index is 0.192. The van der Waals surface area contributed by atoms with Gasteiger partial charge >= 0.3 is 0 Å². The van der Waals surface area contributed by atoms with E-state index >= 15 is 0 Å². The number of nitrogens with zero attached hydrogens (tertiary/aromatic N) is 1. The first kappa shape index (κ1) is 15.5. The van der Waals surface area contributed by atoms with E-state index in [2.05, 4.69) is 46.4 Å². The lowest BCUT2D eigenvalue weighted by Gasteiger charge is -2.33. The summed E-state index contributed by atoms with van der Waals surface area (Å²) in [6.45, 7) is 15.0. The second-order valence-electron chi connectivity index (χ2n) is 6.82. The van der Waals surface area contributed by atoms with Crippen molar-refractivity contribution >= 4 is 5.91 Å². The molecule has 0 aromatic carbocycles. The molecule has 1 amide bonds. The van der Waals surface area contributed by atoms with Gasteiger partial charge < -0.3 is 4.90 Å². The molecule has 1 aliphatic rings. The maximum Gasteiger partial charge on any atom is 0.226 e. The Balaban J connectivity index is 2.72. The molecule has 106 valence electrons. The van der Waals surface area contributed by atoms with Crippen LogP contribution in [0.15, 0.2) is 0 Å². The molecular formula is C16H31NO. The van der Waals surface area contributed by atoms with Crippen molar-refractivity contribution in [2.75, 3.05) is 13.1 Å². The Morgan fingerprint density at radius 1 is 1.22 bits per heavy atom. The molecule has 0 aromatic heterocycles. The van der Waals surface area contributed by atoms with E-state index in [9.17, 15) is 4.79 Å². The highest BCUT2D eigenvalue weighted by molar-refractivity contribution is 5.79. The van der Waals surface area contributed by atoms with Gasteiger partial charge in [0.1, 0.15) is 0 Å². The maximum absolute atomic E-state index is 12.7. The zero-order valence-corrected chi connectivity index (χ0v) is 13.1. The van der Waals surface area contributed by atoms with Crippen molar-refractivity contribution in [3.8, 4) is 0 Å². The minimum Gasteiger partial charge on any atom is -0.342 e. The Morgan fingerprint density at radius 2 is 1.78 bits per heavy atom. The van der Waals surface area contributed by atoms with Gasteiger partial charge in [0.2, 0.25) is 5.91 Å². The van der Waals surface area contributed by atoms with Gasteiger partial charge in [0.25, 0.3) is 0 Å². The van der Waals surface area contributed by atoms with Gasteiger partial charge in [-0.2, -0.15) is 0 Å². The molecule has 0 aliphatic heterocycles. The summed E-state index contributed by atoms with van der Waals surface area (Å²) >= 11 is 0. The summed E-state index contributed by atoms with van der Waals surface area (Å²) in [7, 11) is 0. The topological polar surface area (TPSA) is 20.3 Å². The molecular weight excluding hydrogens is 222 g/mol. The van der Waals surface area contributed by atoms with Crippen molar-refractivity contribution in [3.63, 3.8) is 0 Å². The fourth-order valence-corrected chi connectivity index (χ4v) is 2.83. The molecule has 2 nitrogen and oxygen atoms in total. The molecule has 2 atom stereocenters. The summed E-state index contributed by atoms with van der Waals surface area (Å²) in [6.07, 6.45) is 3.66. The van der Waals surface area contributed by atoms with Crippen LogP contribution in [0.3, 0.4) is 0 Å². The van der Waals surface area contributed by atoms with Crippen molar-refractivity contribution < 1.29 is 4.79 Å². The second kappa shape index (κ2) is 6.08. The Kier molecular flexibility index (Phi) is 5.24. The van der Waals surface area contributed by atoms with Gasteiger partial charge in [-0.1, -0.05) is 41.0 Å². The largest absolute Gasteiger partial charge is 0.342 e. The van der Waals surface area contributed by atoms with Gasteiger partial charge in [0.05, 0.1) is 0 Å². The van der Waals surface area contributed by atoms with Crippen LogP contribution in [-0.2, 0) is 4.79 Å². The van der Waals surface area contributed by atoms with E-state index in [-0.39, 0.29) is 5.92 Å². The van der Waals surface area contributed by atoms with Crippen LogP contribution in [-0.4, -0.2) is 23.9 Å². The highest BCUT2D eigenvalue weighted by atomic mass is 16.2. The third kappa shape index (κ3) is 3.73. The Morgan fingerprint density at radius 3 is 2.11 bits per heavy atom. The van der Waals surface area contributed by atoms with Gasteiger partial charge in [0, 0.05) is 19.0 Å². The van der Waals surface area contributed by atoms with Crippen molar-refractivity contribution in [1.82, 2.24) is 4.90 Å². The molecule has 1 rings (SSSR count). The normalized spacial score (nSPS) is 20.6. The fraction of sp³-hybridized carbons (Fsp3) is 0.938. The summed E-state index contributed by atoms with van der Waals surface area (Å²) in [5, 5.41) is 0. The van der Waals surface area contributed by atoms with Gasteiger partial charge in [-0.05, 0) is 37.0 Å². The van der Waals surface area contributed by atoms with Crippen LogP contribution in [0, 0.1) is 23.2 Å². The predicted octanol–water partition coefficient (Wildman–Crippen LogP) is 3.95. The van der Waals surface area contributed by atoms with E-state index in [1.54, 1.807) is 0 Å². The zero-order valence-electron chi connectivity index (χ0n) is 13.1. The van der Waals surface area contributed by atoms with E-state index in [1.165, 1.54) is 12.8 Å². The van der Waals surface area contributed by atoms with E-state index < -0.39 is 0 Å². The Hall–Kier alpha value is -0.530. The van der Waals surface area contributed by atoms with E-state index in [1.807, 2.05) is 0 Å². The maximum atomic E-state index is 12.7. The third-order valence-electron chi connectivity index (χ3n) is 4.63. The number of carbonyl (C=O) groups excluding carboxylic acids is 1. The summed E-state index contributed by atoms with van der Waals surface area (Å²) in [6, 6.07) is 0. The molecule has 1 fully saturated rings. The lowest BCUT2D eigenvalue weighted by atomic mass is 9.81. The van der Waals surface area contributed by atoms with Crippen molar-refractivity contribution in [1.29, 1.82) is 0 Å². The van der Waals surface area contributed by atoms with E-state index in [4.69, 9.17) is 0 Å². The summed E-state index contributed by atoms with van der Waals surface area (Å²) in [5.74, 6) is 1.50. The first-order chi connectivity index (χ1) is 8.34. The number of rotatable bonds is 7. The molecule has 0 bridgehead atoms. The van der Waals surface area contributed by atoms with Crippen LogP contribution in [0.25, 0.3) is 0 Å². The van der Waals surface area contributed by atoms with Crippen LogP contribution in [0.2, 0.25) is 0 Å². The third-order valence-corrected chi connectivity index (χ3v) is 4.63. The van der Waals surface area contributed by atoms with Gasteiger partial charge in [-0.3, -0.25) is 4.79 Å². The highest BCUT2D eigenvalue weighted by Crippen LogP contribution is 2.45. The van der Waals surface area contributed by atoms with Crippen molar-refractivity contribution in [2.45, 2.75) is 60.8 Å². The predicted molar refractivity (Wildman–Crippen MR) is 77.4 cm³/mol. The SMILES string of the molecule is CCC(C)C(C(=O)N(CC)CC1(C)CC1)C(C)C. The first-order valence-electron chi connectivity index (χ1n) is 7.63. The number of hydrogen-bond donors (Lipinski definition) is 0. The highest BCUT2D eigenvalue weighted by Gasteiger charge is 2.41. The second-order valence-corrected chi connectivity index (χ2v) is 6.82. The smallest absolute Gasteiger partial charge is 0.226 e. The zero-order chi connectivity index (χ0) is 13.9. The van der Waals surface area contributed by atoms with Crippen molar-refractivity contribution in [2.24, 2.45) is 23.2 Å². The fourth-order valence-electron chi connectivity index (χ4n) is 2.83. The molecule has 1 saturated carbocycles. The molecule has 0 heterocycles.